The van der Waals surface area contributed by atoms with Gasteiger partial charge in [0.15, 0.2) is 5.75 Å². The molecule has 0 aliphatic heterocycles. The van der Waals surface area contributed by atoms with Crippen LogP contribution in [0.15, 0.2) is 36.4 Å². The number of rotatable bonds is 3. The normalized spacial score (nSPS) is 14.7. The van der Waals surface area contributed by atoms with Gasteiger partial charge in [-0.1, -0.05) is 36.6 Å². The molecule has 0 bridgehead atoms. The number of nitrogens with zero attached hydrogens (tertiary/aromatic N) is 1. The van der Waals surface area contributed by atoms with Crippen molar-refractivity contribution in [2.45, 2.75) is 31.7 Å². The number of hydrogen-bond acceptors (Lipinski definition) is 4. The molecule has 0 radical (unpaired) electrons. The molecule has 1 fully saturated rings. The fraction of sp³-hybridized carbons (Fsp3) is 0.263. The molecule has 3 aromatic rings. The third-order valence-corrected chi connectivity index (χ3v) is 5.92. The van der Waals surface area contributed by atoms with Crippen LogP contribution in [-0.4, -0.2) is 22.2 Å². The standard InChI is InChI=1S/C19H18ClN3O2S/c20-13-9-11(18-22-14-7-3-4-8-16(14)26-18)10-15(17(13)24)23-19(25)21-12-5-1-2-6-12/h3-4,7-10,12,24H,1-2,5-6H2,(H2,21,23,25). The van der Waals surface area contributed by atoms with Gasteiger partial charge >= 0.3 is 6.03 Å². The molecule has 0 saturated heterocycles. The van der Waals surface area contributed by atoms with Crippen molar-refractivity contribution in [3.05, 3.63) is 41.4 Å². The van der Waals surface area contributed by atoms with E-state index in [1.54, 1.807) is 12.1 Å². The van der Waals surface area contributed by atoms with Crippen LogP contribution in [-0.2, 0) is 0 Å². The number of nitrogens with one attached hydrogen (secondary N) is 2. The lowest BCUT2D eigenvalue weighted by molar-refractivity contribution is 0.248. The van der Waals surface area contributed by atoms with Gasteiger partial charge in [-0.25, -0.2) is 9.78 Å². The van der Waals surface area contributed by atoms with E-state index in [0.717, 1.165) is 46.5 Å². The van der Waals surface area contributed by atoms with Gasteiger partial charge in [-0.3, -0.25) is 0 Å². The summed E-state index contributed by atoms with van der Waals surface area (Å²) in [5, 5.41) is 16.8. The monoisotopic (exact) mass is 387 g/mol. The fourth-order valence-corrected chi connectivity index (χ4v) is 4.40. The number of thiazole rings is 1. The summed E-state index contributed by atoms with van der Waals surface area (Å²) < 4.78 is 1.07. The van der Waals surface area contributed by atoms with Crippen molar-refractivity contribution in [3.8, 4) is 16.3 Å². The van der Waals surface area contributed by atoms with Crippen LogP contribution in [0, 0.1) is 0 Å². The average Bonchev–Trinajstić information content (AvgIpc) is 3.27. The Kier molecular flexibility index (Phi) is 4.70. The highest BCUT2D eigenvalue weighted by molar-refractivity contribution is 7.21. The molecule has 1 heterocycles. The van der Waals surface area contributed by atoms with Crippen LogP contribution < -0.4 is 10.6 Å². The minimum Gasteiger partial charge on any atom is -0.504 e. The number of urea groups is 1. The van der Waals surface area contributed by atoms with Crippen LogP contribution in [0.5, 0.6) is 5.75 Å². The number of carbonyl (C=O) groups excluding carboxylic acids is 1. The SMILES string of the molecule is O=C(Nc1cc(-c2nc3ccccc3s2)cc(Cl)c1O)NC1CCCC1. The molecule has 7 heteroatoms. The number of phenolic OH excluding ortho intramolecular Hbond substituents is 1. The average molecular weight is 388 g/mol. The first-order chi connectivity index (χ1) is 12.6. The number of carbonyl (C=O) groups is 1. The second-order valence-corrected chi connectivity index (χ2v) is 7.86. The van der Waals surface area contributed by atoms with Gasteiger partial charge in [-0.05, 0) is 37.1 Å². The van der Waals surface area contributed by atoms with Crippen molar-refractivity contribution in [1.29, 1.82) is 0 Å². The van der Waals surface area contributed by atoms with Gasteiger partial charge in [0.1, 0.15) is 5.01 Å². The van der Waals surface area contributed by atoms with Crippen molar-refractivity contribution < 1.29 is 9.90 Å². The van der Waals surface area contributed by atoms with Crippen molar-refractivity contribution in [2.24, 2.45) is 0 Å². The van der Waals surface area contributed by atoms with Gasteiger partial charge in [0.05, 0.1) is 20.9 Å². The number of hydrogen-bond donors (Lipinski definition) is 3. The Labute approximate surface area is 160 Å². The summed E-state index contributed by atoms with van der Waals surface area (Å²) in [6.45, 7) is 0. The number of phenols is 1. The van der Waals surface area contributed by atoms with Crippen molar-refractivity contribution >= 4 is 44.9 Å². The van der Waals surface area contributed by atoms with Crippen molar-refractivity contribution in [1.82, 2.24) is 10.3 Å². The highest BCUT2D eigenvalue weighted by Crippen LogP contribution is 2.39. The van der Waals surface area contributed by atoms with E-state index in [9.17, 15) is 9.90 Å². The Morgan fingerprint density at radius 1 is 1.23 bits per heavy atom. The number of para-hydroxylation sites is 1. The molecule has 1 aliphatic carbocycles. The van der Waals surface area contributed by atoms with Crippen molar-refractivity contribution in [2.75, 3.05) is 5.32 Å². The molecule has 4 rings (SSSR count). The molecule has 0 spiro atoms. The van der Waals surface area contributed by atoms with Crippen LogP contribution >= 0.6 is 22.9 Å². The van der Waals surface area contributed by atoms with Crippen molar-refractivity contribution in [3.63, 3.8) is 0 Å². The first-order valence-electron chi connectivity index (χ1n) is 8.56. The maximum Gasteiger partial charge on any atom is 0.319 e. The third-order valence-electron chi connectivity index (χ3n) is 4.54. The molecule has 2 amide bonds. The lowest BCUT2D eigenvalue weighted by atomic mass is 10.2. The predicted octanol–water partition coefficient (Wildman–Crippen LogP) is 5.39. The van der Waals surface area contributed by atoms with E-state index in [-0.39, 0.29) is 28.5 Å². The second kappa shape index (κ2) is 7.13. The molecule has 134 valence electrons. The number of benzene rings is 2. The van der Waals surface area contributed by atoms with Crippen LogP contribution in [0.25, 0.3) is 20.8 Å². The maximum absolute atomic E-state index is 12.2. The van der Waals surface area contributed by atoms with Gasteiger partial charge < -0.3 is 15.7 Å². The fourth-order valence-electron chi connectivity index (χ4n) is 3.23. The molecule has 0 unspecified atom stereocenters. The Bertz CT molecular complexity index is 934. The Hall–Kier alpha value is -2.31. The topological polar surface area (TPSA) is 74.2 Å². The molecule has 26 heavy (non-hydrogen) atoms. The maximum atomic E-state index is 12.2. The van der Waals surface area contributed by atoms with E-state index in [1.807, 2.05) is 24.3 Å². The number of anilines is 1. The summed E-state index contributed by atoms with van der Waals surface area (Å²) in [6, 6.07) is 11.1. The van der Waals surface area contributed by atoms with Crippen LogP contribution in [0.1, 0.15) is 25.7 Å². The molecule has 1 aromatic heterocycles. The van der Waals surface area contributed by atoms with Gasteiger partial charge in [-0.2, -0.15) is 0 Å². The van der Waals surface area contributed by atoms with E-state index in [1.165, 1.54) is 11.3 Å². The zero-order chi connectivity index (χ0) is 18.1. The third kappa shape index (κ3) is 3.48. The van der Waals surface area contributed by atoms with Crippen LogP contribution in [0.4, 0.5) is 10.5 Å². The molecule has 5 nitrogen and oxygen atoms in total. The lowest BCUT2D eigenvalue weighted by Crippen LogP contribution is -2.36. The zero-order valence-corrected chi connectivity index (χ0v) is 15.5. The van der Waals surface area contributed by atoms with E-state index >= 15 is 0 Å². The van der Waals surface area contributed by atoms with Crippen LogP contribution in [0.2, 0.25) is 5.02 Å². The van der Waals surface area contributed by atoms with Gasteiger partial charge in [-0.15, -0.1) is 11.3 Å². The first-order valence-corrected chi connectivity index (χ1v) is 9.75. The molecule has 2 aromatic carbocycles. The number of amides is 2. The molecular weight excluding hydrogens is 370 g/mol. The van der Waals surface area contributed by atoms with E-state index in [4.69, 9.17) is 11.6 Å². The lowest BCUT2D eigenvalue weighted by Gasteiger charge is -2.14. The van der Waals surface area contributed by atoms with Gasteiger partial charge in [0, 0.05) is 11.6 Å². The van der Waals surface area contributed by atoms with Gasteiger partial charge in [0.25, 0.3) is 0 Å². The van der Waals surface area contributed by atoms with Gasteiger partial charge in [0.2, 0.25) is 0 Å². The highest BCUT2D eigenvalue weighted by Gasteiger charge is 2.19. The number of halogens is 1. The summed E-state index contributed by atoms with van der Waals surface area (Å²) in [5.41, 5.74) is 1.94. The summed E-state index contributed by atoms with van der Waals surface area (Å²) in [4.78, 5) is 16.8. The Balaban J connectivity index is 1.61. The first kappa shape index (κ1) is 17.1. The summed E-state index contributed by atoms with van der Waals surface area (Å²) in [5.74, 6) is -0.141. The molecule has 1 saturated carbocycles. The second-order valence-electron chi connectivity index (χ2n) is 6.42. The van der Waals surface area contributed by atoms with Crippen LogP contribution in [0.3, 0.4) is 0 Å². The molecule has 1 aliphatic rings. The Morgan fingerprint density at radius 2 is 2.00 bits per heavy atom. The number of aromatic nitrogens is 1. The zero-order valence-electron chi connectivity index (χ0n) is 14.0. The van der Waals surface area contributed by atoms with E-state index in [0.29, 0.717) is 0 Å². The predicted molar refractivity (Wildman–Crippen MR) is 106 cm³/mol. The molecule has 3 N–H and O–H groups in total. The Morgan fingerprint density at radius 3 is 2.77 bits per heavy atom. The largest absolute Gasteiger partial charge is 0.504 e. The molecular formula is C19H18ClN3O2S. The molecule has 0 atom stereocenters. The van der Waals surface area contributed by atoms with E-state index in [2.05, 4.69) is 15.6 Å². The summed E-state index contributed by atoms with van der Waals surface area (Å²) in [6.07, 6.45) is 4.25. The highest BCUT2D eigenvalue weighted by atomic mass is 35.5. The quantitative estimate of drug-likeness (QED) is 0.527. The summed E-state index contributed by atoms with van der Waals surface area (Å²) >= 11 is 7.72. The minimum atomic E-state index is -0.329. The number of aromatic hydroxyl groups is 1. The minimum absolute atomic E-state index is 0.141. The number of fused-ring (bicyclic) bond motifs is 1. The summed E-state index contributed by atoms with van der Waals surface area (Å²) in [7, 11) is 0. The smallest absolute Gasteiger partial charge is 0.319 e. The van der Waals surface area contributed by atoms with E-state index < -0.39 is 0 Å².